The molecular formula is C18H23N3O. The van der Waals surface area contributed by atoms with Crippen LogP contribution in [0.25, 0.3) is 0 Å². The Labute approximate surface area is 131 Å². The topological polar surface area (TPSA) is 50.1 Å². The van der Waals surface area contributed by atoms with Crippen LogP contribution in [0.5, 0.6) is 0 Å². The van der Waals surface area contributed by atoms with Crippen LogP contribution in [0.4, 0.5) is 0 Å². The van der Waals surface area contributed by atoms with Gasteiger partial charge in [0.15, 0.2) is 0 Å². The molecule has 2 atom stereocenters. The Balaban J connectivity index is 1.52. The maximum Gasteiger partial charge on any atom is 0.103 e. The van der Waals surface area contributed by atoms with Crippen LogP contribution < -0.4 is 5.32 Å². The fraction of sp³-hybridized carbons (Fsp3) is 0.500. The zero-order chi connectivity index (χ0) is 15.2. The van der Waals surface area contributed by atoms with Gasteiger partial charge in [-0.1, -0.05) is 24.3 Å². The van der Waals surface area contributed by atoms with Crippen LogP contribution in [0.3, 0.4) is 0 Å². The number of nitrogens with zero attached hydrogens (tertiary/aromatic N) is 2. The molecule has 4 heteroatoms. The van der Waals surface area contributed by atoms with Gasteiger partial charge in [0.25, 0.3) is 0 Å². The second-order valence-corrected chi connectivity index (χ2v) is 6.68. The molecule has 2 unspecified atom stereocenters. The van der Waals surface area contributed by atoms with Gasteiger partial charge in [-0.25, -0.2) is 0 Å². The van der Waals surface area contributed by atoms with E-state index in [4.69, 9.17) is 0 Å². The Morgan fingerprint density at radius 1 is 1.36 bits per heavy atom. The highest BCUT2D eigenvalue weighted by molar-refractivity contribution is 5.37. The Morgan fingerprint density at radius 3 is 3.14 bits per heavy atom. The van der Waals surface area contributed by atoms with E-state index in [1.165, 1.54) is 23.2 Å². The van der Waals surface area contributed by atoms with E-state index in [-0.39, 0.29) is 0 Å². The Kier molecular flexibility index (Phi) is 3.31. The van der Waals surface area contributed by atoms with Gasteiger partial charge in [-0.3, -0.25) is 4.68 Å². The first-order valence-corrected chi connectivity index (χ1v) is 8.22. The van der Waals surface area contributed by atoms with E-state index >= 15 is 0 Å². The zero-order valence-electron chi connectivity index (χ0n) is 13.0. The van der Waals surface area contributed by atoms with Gasteiger partial charge < -0.3 is 10.4 Å². The standard InChI is InChI=1S/C18H23N3O/c1-21-17-8-4-7-16(14(17)11-20-21)19-12-18(22)10-9-13-5-2-3-6-15(13)18/h2-3,5-6,11,16,19,22H,4,7-10,12H2,1H3. The molecule has 4 rings (SSSR count). The minimum Gasteiger partial charge on any atom is -0.384 e. The molecule has 0 fully saturated rings. The van der Waals surface area contributed by atoms with Crippen LogP contribution in [0, 0.1) is 0 Å². The molecule has 1 aromatic carbocycles. The number of hydrogen-bond acceptors (Lipinski definition) is 3. The van der Waals surface area contributed by atoms with Gasteiger partial charge in [-0.15, -0.1) is 0 Å². The van der Waals surface area contributed by atoms with Gasteiger partial charge >= 0.3 is 0 Å². The summed E-state index contributed by atoms with van der Waals surface area (Å²) in [5.41, 5.74) is 4.31. The van der Waals surface area contributed by atoms with E-state index in [2.05, 4.69) is 28.6 Å². The van der Waals surface area contributed by atoms with Crippen molar-refractivity contribution in [2.75, 3.05) is 6.54 Å². The highest BCUT2D eigenvalue weighted by Gasteiger charge is 2.37. The number of fused-ring (bicyclic) bond motifs is 2. The lowest BCUT2D eigenvalue weighted by atomic mass is 9.91. The molecule has 116 valence electrons. The Hall–Kier alpha value is -1.65. The number of hydrogen-bond donors (Lipinski definition) is 2. The molecule has 0 saturated heterocycles. The fourth-order valence-corrected chi connectivity index (χ4v) is 4.06. The third-order valence-electron chi connectivity index (χ3n) is 5.34. The quantitative estimate of drug-likeness (QED) is 0.913. The molecule has 0 saturated carbocycles. The van der Waals surface area contributed by atoms with Crippen molar-refractivity contribution < 1.29 is 5.11 Å². The number of aromatic nitrogens is 2. The maximum atomic E-state index is 11.0. The molecule has 2 aliphatic rings. The average molecular weight is 297 g/mol. The summed E-state index contributed by atoms with van der Waals surface area (Å²) in [7, 11) is 2.02. The Morgan fingerprint density at radius 2 is 2.23 bits per heavy atom. The molecule has 2 N–H and O–H groups in total. The summed E-state index contributed by atoms with van der Waals surface area (Å²) in [6.45, 7) is 0.614. The van der Waals surface area contributed by atoms with Gasteiger partial charge in [0.2, 0.25) is 0 Å². The predicted molar refractivity (Wildman–Crippen MR) is 85.5 cm³/mol. The lowest BCUT2D eigenvalue weighted by Crippen LogP contribution is -2.39. The predicted octanol–water partition coefficient (Wildman–Crippen LogP) is 2.22. The number of benzene rings is 1. The van der Waals surface area contributed by atoms with Crippen molar-refractivity contribution in [2.45, 2.75) is 43.7 Å². The molecule has 4 nitrogen and oxygen atoms in total. The lowest BCUT2D eigenvalue weighted by molar-refractivity contribution is 0.0352. The highest BCUT2D eigenvalue weighted by atomic mass is 16.3. The summed E-state index contributed by atoms with van der Waals surface area (Å²) in [4.78, 5) is 0. The van der Waals surface area contributed by atoms with E-state index in [1.807, 2.05) is 24.0 Å². The zero-order valence-corrected chi connectivity index (χ0v) is 13.0. The number of aryl methyl sites for hydroxylation is 2. The molecule has 0 aliphatic heterocycles. The van der Waals surface area contributed by atoms with Crippen molar-refractivity contribution in [1.82, 2.24) is 15.1 Å². The van der Waals surface area contributed by atoms with Crippen molar-refractivity contribution in [1.29, 1.82) is 0 Å². The summed E-state index contributed by atoms with van der Waals surface area (Å²) in [6, 6.07) is 8.60. The molecule has 2 aromatic rings. The number of aliphatic hydroxyl groups is 1. The van der Waals surface area contributed by atoms with Crippen LogP contribution in [-0.2, 0) is 25.5 Å². The summed E-state index contributed by atoms with van der Waals surface area (Å²) in [5.74, 6) is 0. The van der Waals surface area contributed by atoms with Gasteiger partial charge in [-0.05, 0) is 43.2 Å². The van der Waals surface area contributed by atoms with E-state index in [0.29, 0.717) is 12.6 Å². The second kappa shape index (κ2) is 5.21. The van der Waals surface area contributed by atoms with Crippen molar-refractivity contribution in [3.05, 3.63) is 52.8 Å². The normalized spacial score (nSPS) is 26.7. The summed E-state index contributed by atoms with van der Waals surface area (Å²) in [5, 5.41) is 19.1. The fourth-order valence-electron chi connectivity index (χ4n) is 4.06. The summed E-state index contributed by atoms with van der Waals surface area (Å²) < 4.78 is 1.99. The molecular weight excluding hydrogens is 274 g/mol. The van der Waals surface area contributed by atoms with Gasteiger partial charge in [0.1, 0.15) is 5.60 Å². The first kappa shape index (κ1) is 14.0. The molecule has 1 aromatic heterocycles. The van der Waals surface area contributed by atoms with Crippen LogP contribution >= 0.6 is 0 Å². The SMILES string of the molecule is Cn1ncc2c1CCCC2NCC1(O)CCc2ccccc21. The monoisotopic (exact) mass is 297 g/mol. The van der Waals surface area contributed by atoms with E-state index in [1.54, 1.807) is 0 Å². The summed E-state index contributed by atoms with van der Waals surface area (Å²) in [6.07, 6.45) is 7.18. The molecule has 0 radical (unpaired) electrons. The maximum absolute atomic E-state index is 11.0. The van der Waals surface area contributed by atoms with Gasteiger partial charge in [0, 0.05) is 30.9 Å². The van der Waals surface area contributed by atoms with Crippen molar-refractivity contribution in [3.63, 3.8) is 0 Å². The minimum atomic E-state index is -0.726. The Bertz CT molecular complexity index is 693. The van der Waals surface area contributed by atoms with Crippen LogP contribution in [-0.4, -0.2) is 21.4 Å². The molecule has 0 amide bonds. The van der Waals surface area contributed by atoms with Crippen molar-refractivity contribution in [3.8, 4) is 0 Å². The average Bonchev–Trinajstić information content (AvgIpc) is 3.09. The first-order chi connectivity index (χ1) is 10.7. The molecule has 0 bridgehead atoms. The van der Waals surface area contributed by atoms with Crippen molar-refractivity contribution in [2.24, 2.45) is 7.05 Å². The minimum absolute atomic E-state index is 0.314. The van der Waals surface area contributed by atoms with E-state index in [9.17, 15) is 5.11 Å². The number of rotatable bonds is 3. The number of nitrogens with one attached hydrogen (secondary N) is 1. The summed E-state index contributed by atoms with van der Waals surface area (Å²) >= 11 is 0. The van der Waals surface area contributed by atoms with Crippen molar-refractivity contribution >= 4 is 0 Å². The first-order valence-electron chi connectivity index (χ1n) is 8.22. The van der Waals surface area contributed by atoms with Crippen LogP contribution in [0.1, 0.15) is 47.7 Å². The smallest absolute Gasteiger partial charge is 0.103 e. The van der Waals surface area contributed by atoms with E-state index < -0.39 is 5.60 Å². The molecule has 22 heavy (non-hydrogen) atoms. The lowest BCUT2D eigenvalue weighted by Gasteiger charge is -2.30. The third kappa shape index (κ3) is 2.18. The second-order valence-electron chi connectivity index (χ2n) is 6.68. The van der Waals surface area contributed by atoms with Crippen LogP contribution in [0.2, 0.25) is 0 Å². The van der Waals surface area contributed by atoms with E-state index in [0.717, 1.165) is 31.2 Å². The molecule has 1 heterocycles. The van der Waals surface area contributed by atoms with Crippen LogP contribution in [0.15, 0.2) is 30.5 Å². The van der Waals surface area contributed by atoms with Gasteiger partial charge in [-0.2, -0.15) is 5.10 Å². The molecule has 2 aliphatic carbocycles. The molecule has 0 spiro atoms. The largest absolute Gasteiger partial charge is 0.384 e. The highest BCUT2D eigenvalue weighted by Crippen LogP contribution is 2.37. The third-order valence-corrected chi connectivity index (χ3v) is 5.34. The van der Waals surface area contributed by atoms with Gasteiger partial charge in [0.05, 0.1) is 6.20 Å².